The number of carbonyl (C=O) groups is 3. The van der Waals surface area contributed by atoms with E-state index in [0.29, 0.717) is 0 Å². The van der Waals surface area contributed by atoms with Gasteiger partial charge < -0.3 is 9.47 Å². The third-order valence-corrected chi connectivity index (χ3v) is 5.69. The maximum absolute atomic E-state index is 13.1. The van der Waals surface area contributed by atoms with Gasteiger partial charge in [0.05, 0.1) is 29.6 Å². The number of amides is 1. The normalized spacial score (nSPS) is 11.8. The molecule has 4 rings (SSSR count). The van der Waals surface area contributed by atoms with E-state index in [1.54, 1.807) is 28.8 Å². The average Bonchev–Trinajstić information content (AvgIpc) is 2.80. The van der Waals surface area contributed by atoms with Crippen molar-refractivity contribution in [3.63, 3.8) is 0 Å². The molecule has 1 aliphatic rings. The molecule has 6 nitrogen and oxygen atoms in total. The standard InChI is InChI=1S/C23H17NO5S/c1-28-22(26)15-8-2-3-9-16(15)23(27)29-14-21(25)24-17-10-4-6-12-19(17)30-20-13-7-5-11-18(20)24/h2-13H,14H2,1H3. The molecule has 1 heterocycles. The minimum absolute atomic E-state index is 0.0483. The Hall–Kier alpha value is -3.58. The number of benzene rings is 3. The van der Waals surface area contributed by atoms with Gasteiger partial charge in [0.25, 0.3) is 5.91 Å². The maximum Gasteiger partial charge on any atom is 0.339 e. The minimum atomic E-state index is -0.766. The molecule has 7 heteroatoms. The van der Waals surface area contributed by atoms with Crippen molar-refractivity contribution >= 4 is 41.0 Å². The summed E-state index contributed by atoms with van der Waals surface area (Å²) in [7, 11) is 1.23. The van der Waals surface area contributed by atoms with Crippen molar-refractivity contribution in [3.8, 4) is 0 Å². The van der Waals surface area contributed by atoms with Crippen LogP contribution < -0.4 is 4.90 Å². The average molecular weight is 419 g/mol. The lowest BCUT2D eigenvalue weighted by Gasteiger charge is -2.30. The summed E-state index contributed by atoms with van der Waals surface area (Å²) in [6.07, 6.45) is 0. The molecule has 0 spiro atoms. The Morgan fingerprint density at radius 1 is 0.767 bits per heavy atom. The highest BCUT2D eigenvalue weighted by molar-refractivity contribution is 7.99. The van der Waals surface area contributed by atoms with Gasteiger partial charge in [-0.1, -0.05) is 48.2 Å². The van der Waals surface area contributed by atoms with Crippen LogP contribution in [0, 0.1) is 0 Å². The Balaban J connectivity index is 1.57. The number of hydrogen-bond donors (Lipinski definition) is 0. The van der Waals surface area contributed by atoms with Crippen LogP contribution in [0.4, 0.5) is 11.4 Å². The van der Waals surface area contributed by atoms with Crippen LogP contribution in [-0.2, 0) is 14.3 Å². The molecule has 0 bridgehead atoms. The summed E-state index contributed by atoms with van der Waals surface area (Å²) in [6.45, 7) is -0.471. The predicted octanol–water partition coefficient (Wildman–Crippen LogP) is 4.46. The van der Waals surface area contributed by atoms with Crippen LogP contribution in [0.25, 0.3) is 0 Å². The number of ether oxygens (including phenoxy) is 2. The SMILES string of the molecule is COC(=O)c1ccccc1C(=O)OCC(=O)N1c2ccccc2Sc2ccccc21. The van der Waals surface area contributed by atoms with E-state index in [-0.39, 0.29) is 17.0 Å². The van der Waals surface area contributed by atoms with Crippen molar-refractivity contribution in [2.45, 2.75) is 9.79 Å². The fourth-order valence-electron chi connectivity index (χ4n) is 3.19. The molecular formula is C23H17NO5S. The maximum atomic E-state index is 13.1. The first kappa shape index (κ1) is 19.7. The zero-order valence-electron chi connectivity index (χ0n) is 16.0. The van der Waals surface area contributed by atoms with Gasteiger partial charge in [-0.15, -0.1) is 0 Å². The van der Waals surface area contributed by atoms with Crippen LogP contribution in [0.5, 0.6) is 0 Å². The Bertz CT molecular complexity index is 1100. The summed E-state index contributed by atoms with van der Waals surface area (Å²) in [5.74, 6) is -1.80. The van der Waals surface area contributed by atoms with Crippen molar-refractivity contribution in [1.82, 2.24) is 0 Å². The Morgan fingerprint density at radius 2 is 1.27 bits per heavy atom. The zero-order chi connectivity index (χ0) is 21.1. The van der Waals surface area contributed by atoms with Gasteiger partial charge in [-0.25, -0.2) is 9.59 Å². The number of fused-ring (bicyclic) bond motifs is 2. The number of hydrogen-bond acceptors (Lipinski definition) is 6. The molecular weight excluding hydrogens is 402 g/mol. The van der Waals surface area contributed by atoms with Gasteiger partial charge in [0.15, 0.2) is 6.61 Å². The molecule has 3 aromatic rings. The smallest absolute Gasteiger partial charge is 0.339 e. The van der Waals surface area contributed by atoms with Crippen molar-refractivity contribution in [3.05, 3.63) is 83.9 Å². The van der Waals surface area contributed by atoms with Gasteiger partial charge in [0.2, 0.25) is 0 Å². The van der Waals surface area contributed by atoms with Gasteiger partial charge in [-0.3, -0.25) is 9.69 Å². The second-order valence-corrected chi connectivity index (χ2v) is 7.46. The van der Waals surface area contributed by atoms with Crippen LogP contribution >= 0.6 is 11.8 Å². The predicted molar refractivity (Wildman–Crippen MR) is 112 cm³/mol. The first-order valence-electron chi connectivity index (χ1n) is 9.13. The van der Waals surface area contributed by atoms with E-state index >= 15 is 0 Å². The lowest BCUT2D eigenvalue weighted by atomic mass is 10.1. The van der Waals surface area contributed by atoms with E-state index in [0.717, 1.165) is 21.2 Å². The van der Waals surface area contributed by atoms with Crippen molar-refractivity contribution in [2.75, 3.05) is 18.6 Å². The number of methoxy groups -OCH3 is 1. The van der Waals surface area contributed by atoms with Crippen LogP contribution in [-0.4, -0.2) is 31.6 Å². The second kappa shape index (κ2) is 8.42. The highest BCUT2D eigenvalue weighted by Crippen LogP contribution is 2.47. The molecule has 0 atom stereocenters. The number of rotatable bonds is 4. The van der Waals surface area contributed by atoms with Crippen molar-refractivity contribution < 1.29 is 23.9 Å². The van der Waals surface area contributed by atoms with E-state index in [1.807, 2.05) is 48.5 Å². The third-order valence-electron chi connectivity index (χ3n) is 4.56. The van der Waals surface area contributed by atoms with Gasteiger partial charge in [-0.2, -0.15) is 0 Å². The molecule has 3 aromatic carbocycles. The third kappa shape index (κ3) is 3.67. The lowest BCUT2D eigenvalue weighted by Crippen LogP contribution is -2.32. The Kier molecular flexibility index (Phi) is 5.54. The molecule has 0 aliphatic carbocycles. The summed E-state index contributed by atoms with van der Waals surface area (Å²) >= 11 is 1.58. The molecule has 0 saturated heterocycles. The van der Waals surface area contributed by atoms with E-state index in [4.69, 9.17) is 9.47 Å². The fourth-order valence-corrected chi connectivity index (χ4v) is 4.25. The van der Waals surface area contributed by atoms with E-state index in [2.05, 4.69) is 0 Å². The monoisotopic (exact) mass is 419 g/mol. The lowest BCUT2D eigenvalue weighted by molar-refractivity contribution is -0.121. The quantitative estimate of drug-likeness (QED) is 0.582. The summed E-state index contributed by atoms with van der Waals surface area (Å²) in [5.41, 5.74) is 1.60. The van der Waals surface area contributed by atoms with Crippen LogP contribution in [0.15, 0.2) is 82.6 Å². The van der Waals surface area contributed by atoms with Gasteiger partial charge in [-0.05, 0) is 36.4 Å². The molecule has 0 saturated carbocycles. The molecule has 0 radical (unpaired) electrons. The Labute approximate surface area is 177 Å². The number of anilines is 2. The van der Waals surface area contributed by atoms with E-state index in [1.165, 1.54) is 19.2 Å². The number of para-hydroxylation sites is 2. The van der Waals surface area contributed by atoms with Crippen molar-refractivity contribution in [2.24, 2.45) is 0 Å². The molecule has 0 N–H and O–H groups in total. The Morgan fingerprint density at radius 3 is 1.83 bits per heavy atom. The minimum Gasteiger partial charge on any atom is -0.465 e. The number of nitrogens with zero attached hydrogens (tertiary/aromatic N) is 1. The van der Waals surface area contributed by atoms with Gasteiger partial charge >= 0.3 is 11.9 Å². The molecule has 0 aromatic heterocycles. The highest BCUT2D eigenvalue weighted by Gasteiger charge is 2.29. The molecule has 0 unspecified atom stereocenters. The number of carbonyl (C=O) groups excluding carboxylic acids is 3. The largest absolute Gasteiger partial charge is 0.465 e. The topological polar surface area (TPSA) is 72.9 Å². The number of esters is 2. The first-order chi connectivity index (χ1) is 14.6. The summed E-state index contributed by atoms with van der Waals surface area (Å²) < 4.78 is 9.97. The van der Waals surface area contributed by atoms with Gasteiger partial charge in [0.1, 0.15) is 0 Å². The summed E-state index contributed by atoms with van der Waals surface area (Å²) in [6, 6.07) is 21.3. The summed E-state index contributed by atoms with van der Waals surface area (Å²) in [5, 5.41) is 0. The second-order valence-electron chi connectivity index (χ2n) is 6.38. The van der Waals surface area contributed by atoms with E-state index < -0.39 is 18.5 Å². The summed E-state index contributed by atoms with van der Waals surface area (Å²) in [4.78, 5) is 41.0. The molecule has 1 aliphatic heterocycles. The molecule has 0 fully saturated rings. The van der Waals surface area contributed by atoms with Gasteiger partial charge in [0, 0.05) is 9.79 Å². The van der Waals surface area contributed by atoms with E-state index in [9.17, 15) is 14.4 Å². The molecule has 1 amide bonds. The molecule has 150 valence electrons. The van der Waals surface area contributed by atoms with Crippen LogP contribution in [0.1, 0.15) is 20.7 Å². The molecule has 30 heavy (non-hydrogen) atoms. The highest BCUT2D eigenvalue weighted by atomic mass is 32.2. The fraction of sp³-hybridized carbons (Fsp3) is 0.0870. The van der Waals surface area contributed by atoms with Crippen LogP contribution in [0.3, 0.4) is 0 Å². The van der Waals surface area contributed by atoms with Crippen molar-refractivity contribution in [1.29, 1.82) is 0 Å². The zero-order valence-corrected chi connectivity index (χ0v) is 16.8. The van der Waals surface area contributed by atoms with Crippen LogP contribution in [0.2, 0.25) is 0 Å². The first-order valence-corrected chi connectivity index (χ1v) is 9.95.